The summed E-state index contributed by atoms with van der Waals surface area (Å²) in [6.45, 7) is 6.66. The zero-order valence-corrected chi connectivity index (χ0v) is 22.4. The van der Waals surface area contributed by atoms with Crippen LogP contribution >= 0.6 is 0 Å². The van der Waals surface area contributed by atoms with Crippen molar-refractivity contribution in [3.05, 3.63) is 127 Å². The first-order valence-corrected chi connectivity index (χ1v) is 12.7. The van der Waals surface area contributed by atoms with Crippen LogP contribution in [0.5, 0.6) is 0 Å². The molecule has 2 nitrogen and oxygen atoms in total. The summed E-state index contributed by atoms with van der Waals surface area (Å²) in [7, 11) is -1.60. The molecule has 0 atom stereocenters. The summed E-state index contributed by atoms with van der Waals surface area (Å²) in [6, 6.07) is -17.0. The molecule has 1 aliphatic rings. The van der Waals surface area contributed by atoms with Crippen LogP contribution in [0.1, 0.15) is 56.5 Å². The summed E-state index contributed by atoms with van der Waals surface area (Å²) in [5, 5.41) is -2.20. The third-order valence-electron chi connectivity index (χ3n) is 7.13. The lowest BCUT2D eigenvalue weighted by molar-refractivity contribution is 0.00578. The van der Waals surface area contributed by atoms with Crippen molar-refractivity contribution in [2.45, 2.75) is 38.9 Å². The second-order valence-electron chi connectivity index (χ2n) is 10.4. The van der Waals surface area contributed by atoms with E-state index < -0.39 is 206 Å². The van der Waals surface area contributed by atoms with Gasteiger partial charge in [-0.25, -0.2) is 0 Å². The van der Waals surface area contributed by atoms with Gasteiger partial charge in [0.15, 0.2) is 0 Å². The minimum absolute atomic E-state index is 0.444. The highest BCUT2D eigenvalue weighted by Crippen LogP contribution is 2.38. The van der Waals surface area contributed by atoms with Gasteiger partial charge in [-0.15, -0.1) is 0 Å². The Balaban J connectivity index is 1.67. The van der Waals surface area contributed by atoms with Gasteiger partial charge in [-0.05, 0) is 112 Å². The third-order valence-corrected chi connectivity index (χ3v) is 7.13. The van der Waals surface area contributed by atoms with Gasteiger partial charge in [-0.1, -0.05) is 103 Å². The lowest BCUT2D eigenvalue weighted by Crippen LogP contribution is -2.41. The zero-order valence-electron chi connectivity index (χ0n) is 43.4. The van der Waals surface area contributed by atoms with Gasteiger partial charge >= 0.3 is 7.12 Å². The summed E-state index contributed by atoms with van der Waals surface area (Å²) in [6.07, 6.45) is 0. The molecule has 0 spiro atoms. The minimum Gasteiger partial charge on any atom is -0.399 e. The molecule has 3 heteroatoms. The average Bonchev–Trinajstić information content (AvgIpc) is 3.41. The number of benzene rings is 6. The van der Waals surface area contributed by atoms with Gasteiger partial charge in [0.2, 0.25) is 0 Å². The van der Waals surface area contributed by atoms with Crippen LogP contribution in [0.15, 0.2) is 127 Å². The molecule has 0 bridgehead atoms. The smallest absolute Gasteiger partial charge is 0.399 e. The van der Waals surface area contributed by atoms with Crippen LogP contribution in [-0.2, 0) is 9.31 Å². The molecule has 0 N–H and O–H groups in total. The van der Waals surface area contributed by atoms with Crippen molar-refractivity contribution in [3.63, 3.8) is 0 Å². The van der Waals surface area contributed by atoms with Gasteiger partial charge in [0.25, 0.3) is 0 Å². The van der Waals surface area contributed by atoms with Crippen molar-refractivity contribution in [1.82, 2.24) is 0 Å². The number of fused-ring (bicyclic) bond motifs is 2. The van der Waals surface area contributed by atoms with Crippen molar-refractivity contribution in [2.24, 2.45) is 0 Å². The maximum Gasteiger partial charge on any atom is 0.494 e. The minimum atomic E-state index is -1.60. The Morgan fingerprint density at radius 2 is 0.878 bits per heavy atom. The van der Waals surface area contributed by atoms with Crippen LogP contribution in [-0.4, -0.2) is 18.3 Å². The summed E-state index contributed by atoms with van der Waals surface area (Å²) >= 11 is 0. The van der Waals surface area contributed by atoms with E-state index in [1.807, 2.05) is 0 Å². The van der Waals surface area contributed by atoms with E-state index in [1.54, 1.807) is 27.7 Å². The molecule has 0 aliphatic carbocycles. The SMILES string of the molecule is [2H]c1c([2H])c([2H])c(-c2c([2H])c([2H])c3c([2H])c(-c4c([2H])c(B5OC(C)(C)C(C)(C)O5)c([2H])c(-c5c([2H])c([2H])c6c([2H])c([2H])c([2H])c([2H])c6c5[2H])c4[2H])c([2H])c([2H])c3c2[2H])c([2H])c1[2H]. The number of hydrogen-bond donors (Lipinski definition) is 0. The summed E-state index contributed by atoms with van der Waals surface area (Å²) < 4.78 is 198. The lowest BCUT2D eigenvalue weighted by atomic mass is 9.76. The summed E-state index contributed by atoms with van der Waals surface area (Å²) in [5.41, 5.74) is -6.62. The fourth-order valence-corrected chi connectivity index (χ4v) is 4.22. The molecule has 200 valence electrons. The first kappa shape index (κ1) is 11.6. The maximum atomic E-state index is 9.59. The Labute approximate surface area is 272 Å². The maximum absolute atomic E-state index is 9.59. The van der Waals surface area contributed by atoms with E-state index in [2.05, 4.69) is 0 Å². The quantitative estimate of drug-likeness (QED) is 0.203. The number of hydrogen-bond acceptors (Lipinski definition) is 2. The fraction of sp³-hybridized carbons (Fsp3) is 0.158. The standard InChI is InChI=1S/C38H33BO2/c1-37(2)38(3,4)41-39(40-37)36-24-34(32-15-14-27-12-8-9-13-28(27)20-32)23-35(25-36)33-19-18-30-21-29(16-17-31(30)22-33)26-10-6-5-7-11-26/h5-25H,1-4H3/i5D,6D,7D,8D,9D,10D,11D,12D,13D,14D,15D,16D,17D,18D,19D,20D,21D,22D,23D,24D,25D. The van der Waals surface area contributed by atoms with Gasteiger partial charge in [0.1, 0.15) is 0 Å². The highest BCUT2D eigenvalue weighted by molar-refractivity contribution is 6.62. The second kappa shape index (κ2) is 9.73. The van der Waals surface area contributed by atoms with Gasteiger partial charge in [-0.2, -0.15) is 0 Å². The van der Waals surface area contributed by atoms with Crippen LogP contribution in [0.2, 0.25) is 0 Å². The van der Waals surface area contributed by atoms with Crippen molar-refractivity contribution in [2.75, 3.05) is 0 Å². The van der Waals surface area contributed by atoms with Crippen LogP contribution < -0.4 is 5.46 Å². The molecule has 1 saturated heterocycles. The van der Waals surface area contributed by atoms with Crippen LogP contribution in [0.25, 0.3) is 54.9 Å². The molecule has 0 saturated carbocycles. The predicted molar refractivity (Wildman–Crippen MR) is 173 cm³/mol. The molecule has 6 aromatic rings. The Kier molecular flexibility index (Phi) is 2.75. The van der Waals surface area contributed by atoms with Crippen LogP contribution in [0.4, 0.5) is 0 Å². The van der Waals surface area contributed by atoms with E-state index in [-0.39, 0.29) is 0 Å². The largest absolute Gasteiger partial charge is 0.494 e. The lowest BCUT2D eigenvalue weighted by Gasteiger charge is -2.32. The molecule has 41 heavy (non-hydrogen) atoms. The third kappa shape index (κ3) is 4.76. The normalized spacial score (nSPS) is 23.1. The van der Waals surface area contributed by atoms with Gasteiger partial charge in [-0.3, -0.25) is 0 Å². The Hall–Kier alpha value is -4.18. The molecule has 0 amide bonds. The monoisotopic (exact) mass is 553 g/mol. The van der Waals surface area contributed by atoms with Crippen LogP contribution in [0.3, 0.4) is 0 Å². The summed E-state index contributed by atoms with van der Waals surface area (Å²) in [5.74, 6) is 0. The van der Waals surface area contributed by atoms with Crippen molar-refractivity contribution < 1.29 is 38.1 Å². The Morgan fingerprint density at radius 3 is 1.44 bits per heavy atom. The highest BCUT2D eigenvalue weighted by Gasteiger charge is 2.51. The van der Waals surface area contributed by atoms with E-state index >= 15 is 0 Å². The van der Waals surface area contributed by atoms with E-state index in [1.165, 1.54) is 0 Å². The molecule has 1 fully saturated rings. The second-order valence-corrected chi connectivity index (χ2v) is 10.4. The molecule has 0 radical (unpaired) electrons. The first-order valence-electron chi connectivity index (χ1n) is 23.2. The molecule has 6 aromatic carbocycles. The number of rotatable bonds is 4. The van der Waals surface area contributed by atoms with E-state index in [4.69, 9.17) is 29.9 Å². The molecule has 0 unspecified atom stereocenters. The van der Waals surface area contributed by atoms with Crippen molar-refractivity contribution in [3.8, 4) is 33.4 Å². The molecule has 1 aliphatic heterocycles. The molecule has 7 rings (SSSR count). The van der Waals surface area contributed by atoms with Crippen molar-refractivity contribution in [1.29, 1.82) is 0 Å². The fourth-order valence-electron chi connectivity index (χ4n) is 4.22. The first-order chi connectivity index (χ1) is 28.6. The van der Waals surface area contributed by atoms with E-state index in [0.29, 0.717) is 0 Å². The Bertz CT molecular complexity index is 3010. The van der Waals surface area contributed by atoms with Gasteiger partial charge < -0.3 is 9.31 Å². The average molecular weight is 554 g/mol. The molecule has 1 heterocycles. The van der Waals surface area contributed by atoms with Crippen molar-refractivity contribution >= 4 is 34.1 Å². The molecular formula is C38H33BO2. The van der Waals surface area contributed by atoms with Crippen LogP contribution in [0, 0.1) is 0 Å². The van der Waals surface area contributed by atoms with Gasteiger partial charge in [0.05, 0.1) is 40.0 Å². The van der Waals surface area contributed by atoms with Gasteiger partial charge in [0, 0.05) is 0 Å². The highest BCUT2D eigenvalue weighted by atomic mass is 16.7. The zero-order chi connectivity index (χ0) is 46.5. The topological polar surface area (TPSA) is 18.5 Å². The summed E-state index contributed by atoms with van der Waals surface area (Å²) in [4.78, 5) is 0. The molecule has 0 aromatic heterocycles. The van der Waals surface area contributed by atoms with E-state index in [9.17, 15) is 8.22 Å². The predicted octanol–water partition coefficient (Wildman–Crippen LogP) is 9.29. The Morgan fingerprint density at radius 1 is 0.439 bits per heavy atom. The molecular weight excluding hydrogens is 499 g/mol. The van der Waals surface area contributed by atoms with E-state index in [0.717, 1.165) is 0 Å².